The first-order valence-electron chi connectivity index (χ1n) is 9.66. The molecule has 2 atom stereocenters. The third-order valence-corrected chi connectivity index (χ3v) is 5.44. The number of benzene rings is 1. The SMILES string of the molecule is Cl.O=C(NC(c1cccc(C(F)(F)F)c1)C1CC1)c1ccn(C2CCCNC2)n1. The number of hydrogen-bond acceptors (Lipinski definition) is 3. The van der Waals surface area contributed by atoms with Crippen molar-refractivity contribution in [2.75, 3.05) is 13.1 Å². The van der Waals surface area contributed by atoms with E-state index in [1.165, 1.54) is 6.07 Å². The van der Waals surface area contributed by atoms with Gasteiger partial charge in [0, 0.05) is 12.7 Å². The van der Waals surface area contributed by atoms with E-state index in [4.69, 9.17) is 0 Å². The zero-order valence-electron chi connectivity index (χ0n) is 15.8. The van der Waals surface area contributed by atoms with E-state index in [0.717, 1.165) is 50.9 Å². The van der Waals surface area contributed by atoms with E-state index in [9.17, 15) is 18.0 Å². The lowest BCUT2D eigenvalue weighted by molar-refractivity contribution is -0.137. The fraction of sp³-hybridized carbons (Fsp3) is 0.500. The van der Waals surface area contributed by atoms with Gasteiger partial charge in [-0.3, -0.25) is 9.48 Å². The van der Waals surface area contributed by atoms with Crippen molar-refractivity contribution in [2.45, 2.75) is 43.9 Å². The molecule has 158 valence electrons. The molecule has 1 saturated heterocycles. The molecule has 0 bridgehead atoms. The van der Waals surface area contributed by atoms with Crippen molar-refractivity contribution in [1.82, 2.24) is 20.4 Å². The van der Waals surface area contributed by atoms with Crippen LogP contribution in [0.25, 0.3) is 0 Å². The summed E-state index contributed by atoms with van der Waals surface area (Å²) in [5.41, 5.74) is 0.0868. The monoisotopic (exact) mass is 428 g/mol. The molecule has 5 nitrogen and oxygen atoms in total. The summed E-state index contributed by atoms with van der Waals surface area (Å²) in [6.45, 7) is 1.81. The van der Waals surface area contributed by atoms with Gasteiger partial charge in [0.15, 0.2) is 0 Å². The van der Waals surface area contributed by atoms with E-state index in [1.807, 2.05) is 0 Å². The molecule has 29 heavy (non-hydrogen) atoms. The second-order valence-corrected chi connectivity index (χ2v) is 7.59. The van der Waals surface area contributed by atoms with E-state index in [0.29, 0.717) is 11.3 Å². The standard InChI is InChI=1S/C20H23F3N4O.ClH/c21-20(22,23)15-4-1-3-14(11-15)18(13-6-7-13)25-19(28)17-8-10-27(26-17)16-5-2-9-24-12-16;/h1,3-4,8,10-11,13,16,18,24H,2,5-7,9,12H2,(H,25,28);1H. The minimum Gasteiger partial charge on any atom is -0.344 e. The molecule has 2 unspecified atom stereocenters. The maximum absolute atomic E-state index is 13.0. The molecule has 1 aromatic carbocycles. The van der Waals surface area contributed by atoms with Gasteiger partial charge in [0.2, 0.25) is 0 Å². The zero-order valence-corrected chi connectivity index (χ0v) is 16.6. The number of hydrogen-bond donors (Lipinski definition) is 2. The van der Waals surface area contributed by atoms with E-state index < -0.39 is 17.8 Å². The Labute approximate surface area is 173 Å². The lowest BCUT2D eigenvalue weighted by Crippen LogP contribution is -2.33. The minimum atomic E-state index is -4.40. The van der Waals surface area contributed by atoms with Crippen LogP contribution < -0.4 is 10.6 Å². The summed E-state index contributed by atoms with van der Waals surface area (Å²) in [5, 5.41) is 10.6. The zero-order chi connectivity index (χ0) is 19.7. The summed E-state index contributed by atoms with van der Waals surface area (Å²) in [4.78, 5) is 12.7. The average molecular weight is 429 g/mol. The molecular formula is C20H24ClF3N4O. The molecule has 1 aromatic heterocycles. The number of carbonyl (C=O) groups is 1. The Hall–Kier alpha value is -2.06. The third kappa shape index (κ3) is 5.11. The minimum absolute atomic E-state index is 0. The van der Waals surface area contributed by atoms with Crippen LogP contribution >= 0.6 is 12.4 Å². The Balaban J connectivity index is 0.00000240. The number of rotatable bonds is 5. The predicted molar refractivity (Wildman–Crippen MR) is 105 cm³/mol. The molecule has 1 aliphatic carbocycles. The van der Waals surface area contributed by atoms with Gasteiger partial charge in [-0.05, 0) is 61.9 Å². The Morgan fingerprint density at radius 3 is 2.69 bits per heavy atom. The smallest absolute Gasteiger partial charge is 0.344 e. The average Bonchev–Trinajstić information content (AvgIpc) is 3.41. The molecule has 2 heterocycles. The molecule has 1 aliphatic heterocycles. The number of alkyl halides is 3. The van der Waals surface area contributed by atoms with Crippen LogP contribution in [-0.4, -0.2) is 28.8 Å². The van der Waals surface area contributed by atoms with Crippen LogP contribution in [0.4, 0.5) is 13.2 Å². The topological polar surface area (TPSA) is 59.0 Å². The van der Waals surface area contributed by atoms with Gasteiger partial charge < -0.3 is 10.6 Å². The second-order valence-electron chi connectivity index (χ2n) is 7.59. The van der Waals surface area contributed by atoms with Gasteiger partial charge in [0.05, 0.1) is 17.6 Å². The van der Waals surface area contributed by atoms with Gasteiger partial charge in [-0.15, -0.1) is 12.4 Å². The van der Waals surface area contributed by atoms with Crippen LogP contribution in [-0.2, 0) is 6.18 Å². The number of halogens is 4. The first-order valence-corrected chi connectivity index (χ1v) is 9.66. The van der Waals surface area contributed by atoms with E-state index in [1.54, 1.807) is 23.0 Å². The van der Waals surface area contributed by atoms with Gasteiger partial charge in [-0.2, -0.15) is 18.3 Å². The molecule has 2 fully saturated rings. The molecule has 1 amide bonds. The Kier molecular flexibility index (Phi) is 6.53. The summed E-state index contributed by atoms with van der Waals surface area (Å²) in [6.07, 6.45) is 1.24. The van der Waals surface area contributed by atoms with Crippen LogP contribution in [0.3, 0.4) is 0 Å². The van der Waals surface area contributed by atoms with Crippen molar-refractivity contribution in [2.24, 2.45) is 5.92 Å². The second kappa shape index (κ2) is 8.75. The van der Waals surface area contributed by atoms with E-state index in [-0.39, 0.29) is 30.3 Å². The molecule has 0 spiro atoms. The molecule has 9 heteroatoms. The van der Waals surface area contributed by atoms with Crippen LogP contribution in [0.15, 0.2) is 36.5 Å². The van der Waals surface area contributed by atoms with Gasteiger partial charge in [-0.1, -0.05) is 12.1 Å². The highest BCUT2D eigenvalue weighted by Gasteiger charge is 2.36. The first-order chi connectivity index (χ1) is 13.4. The van der Waals surface area contributed by atoms with E-state index in [2.05, 4.69) is 15.7 Å². The summed E-state index contributed by atoms with van der Waals surface area (Å²) in [7, 11) is 0. The fourth-order valence-corrected chi connectivity index (χ4v) is 3.75. The highest BCUT2D eigenvalue weighted by molar-refractivity contribution is 5.92. The summed E-state index contributed by atoms with van der Waals surface area (Å²) < 4.78 is 41.0. The van der Waals surface area contributed by atoms with Crippen molar-refractivity contribution >= 4 is 18.3 Å². The summed E-state index contributed by atoms with van der Waals surface area (Å²) >= 11 is 0. The van der Waals surface area contributed by atoms with Crippen LogP contribution in [0.1, 0.15) is 59.4 Å². The highest BCUT2D eigenvalue weighted by atomic mass is 35.5. The number of nitrogens with zero attached hydrogens (tertiary/aromatic N) is 2. The van der Waals surface area contributed by atoms with Gasteiger partial charge in [0.25, 0.3) is 5.91 Å². The molecule has 0 radical (unpaired) electrons. The van der Waals surface area contributed by atoms with Crippen molar-refractivity contribution in [1.29, 1.82) is 0 Å². The lowest BCUT2D eigenvalue weighted by atomic mass is 9.99. The molecule has 4 rings (SSSR count). The molecule has 2 aromatic rings. The van der Waals surface area contributed by atoms with Crippen LogP contribution in [0, 0.1) is 5.92 Å². The van der Waals surface area contributed by atoms with E-state index >= 15 is 0 Å². The first kappa shape index (κ1) is 21.6. The highest BCUT2D eigenvalue weighted by Crippen LogP contribution is 2.42. The van der Waals surface area contributed by atoms with Crippen molar-refractivity contribution in [3.8, 4) is 0 Å². The van der Waals surface area contributed by atoms with Crippen LogP contribution in [0.5, 0.6) is 0 Å². The fourth-order valence-electron chi connectivity index (χ4n) is 3.75. The molecule has 2 N–H and O–H groups in total. The van der Waals surface area contributed by atoms with Gasteiger partial charge in [-0.25, -0.2) is 0 Å². The summed E-state index contributed by atoms with van der Waals surface area (Å²) in [5.74, 6) is -0.186. The number of amides is 1. The maximum Gasteiger partial charge on any atom is 0.416 e. The maximum atomic E-state index is 13.0. The molecule has 2 aliphatic rings. The number of nitrogens with one attached hydrogen (secondary N) is 2. The van der Waals surface area contributed by atoms with Crippen molar-refractivity contribution in [3.63, 3.8) is 0 Å². The predicted octanol–water partition coefficient (Wildman–Crippen LogP) is 4.13. The Morgan fingerprint density at radius 2 is 2.03 bits per heavy atom. The van der Waals surface area contributed by atoms with Crippen molar-refractivity contribution < 1.29 is 18.0 Å². The van der Waals surface area contributed by atoms with Crippen molar-refractivity contribution in [3.05, 3.63) is 53.3 Å². The number of piperidine rings is 1. The molecule has 1 saturated carbocycles. The number of carbonyl (C=O) groups excluding carboxylic acids is 1. The summed E-state index contributed by atoms with van der Waals surface area (Å²) in [6, 6.07) is 6.68. The quantitative estimate of drug-likeness (QED) is 0.752. The van der Waals surface area contributed by atoms with Gasteiger partial charge >= 0.3 is 6.18 Å². The van der Waals surface area contributed by atoms with Crippen LogP contribution in [0.2, 0.25) is 0 Å². The number of aromatic nitrogens is 2. The molecular weight excluding hydrogens is 405 g/mol. The lowest BCUT2D eigenvalue weighted by Gasteiger charge is -2.23. The third-order valence-electron chi connectivity index (χ3n) is 5.44. The van der Waals surface area contributed by atoms with Gasteiger partial charge in [0.1, 0.15) is 5.69 Å². The normalized spacial score (nSPS) is 20.6. The Morgan fingerprint density at radius 1 is 1.24 bits per heavy atom. The largest absolute Gasteiger partial charge is 0.416 e. The Bertz CT molecular complexity index is 844.